The second kappa shape index (κ2) is 6.68. The Hall–Kier alpha value is -0.650. The zero-order valence-electron chi connectivity index (χ0n) is 13.0. The summed E-state index contributed by atoms with van der Waals surface area (Å²) in [5, 5.41) is 0. The van der Waals surface area contributed by atoms with Gasteiger partial charge in [-0.25, -0.2) is 0 Å². The molecule has 1 rings (SSSR count). The van der Waals surface area contributed by atoms with Crippen molar-refractivity contribution in [2.24, 2.45) is 5.73 Å². The number of esters is 1. The van der Waals surface area contributed by atoms with Gasteiger partial charge in [0.1, 0.15) is 5.54 Å². The number of nitrogens with two attached hydrogens (primary N) is 1. The number of nitrogens with zero attached hydrogens (tertiary/aromatic N) is 2. The molecule has 1 fully saturated rings. The van der Waals surface area contributed by atoms with Crippen LogP contribution in [0, 0.1) is 0 Å². The molecule has 1 saturated heterocycles. The van der Waals surface area contributed by atoms with Gasteiger partial charge in [0, 0.05) is 31.7 Å². The van der Waals surface area contributed by atoms with Crippen molar-refractivity contribution in [3.8, 4) is 0 Å². The van der Waals surface area contributed by atoms with E-state index in [0.717, 1.165) is 19.6 Å². The SMILES string of the molecule is CCOC(=O)C(C)(N)CC(C)N1CCN(C)C(C)C1. The Labute approximate surface area is 117 Å². The maximum absolute atomic E-state index is 11.8. The molecule has 2 N–H and O–H groups in total. The van der Waals surface area contributed by atoms with Gasteiger partial charge in [-0.2, -0.15) is 0 Å². The predicted octanol–water partition coefficient (Wildman–Crippen LogP) is 0.681. The van der Waals surface area contributed by atoms with Crippen molar-refractivity contribution in [2.45, 2.75) is 51.7 Å². The van der Waals surface area contributed by atoms with Crippen LogP contribution in [0.25, 0.3) is 0 Å². The molecule has 0 bridgehead atoms. The Balaban J connectivity index is 2.54. The number of carbonyl (C=O) groups is 1. The Morgan fingerprint density at radius 2 is 2.16 bits per heavy atom. The smallest absolute Gasteiger partial charge is 0.325 e. The molecule has 3 atom stereocenters. The van der Waals surface area contributed by atoms with E-state index in [-0.39, 0.29) is 12.0 Å². The summed E-state index contributed by atoms with van der Waals surface area (Å²) < 4.78 is 5.04. The van der Waals surface area contributed by atoms with Crippen molar-refractivity contribution in [2.75, 3.05) is 33.3 Å². The fourth-order valence-electron chi connectivity index (χ4n) is 2.60. The molecule has 1 aliphatic rings. The molecule has 0 aromatic carbocycles. The Kier molecular flexibility index (Phi) is 5.77. The largest absolute Gasteiger partial charge is 0.465 e. The third-order valence-electron chi connectivity index (χ3n) is 4.08. The molecule has 0 saturated carbocycles. The maximum Gasteiger partial charge on any atom is 0.325 e. The fraction of sp³-hybridized carbons (Fsp3) is 0.929. The lowest BCUT2D eigenvalue weighted by atomic mass is 9.93. The van der Waals surface area contributed by atoms with Gasteiger partial charge >= 0.3 is 5.97 Å². The third kappa shape index (κ3) is 4.44. The molecule has 3 unspecified atom stereocenters. The number of hydrogen-bond donors (Lipinski definition) is 1. The van der Waals surface area contributed by atoms with Gasteiger partial charge in [-0.1, -0.05) is 0 Å². The van der Waals surface area contributed by atoms with Crippen LogP contribution in [0.3, 0.4) is 0 Å². The maximum atomic E-state index is 11.8. The number of likely N-dealkylation sites (N-methyl/N-ethyl adjacent to an activating group) is 1. The first-order chi connectivity index (χ1) is 8.77. The van der Waals surface area contributed by atoms with Gasteiger partial charge in [0.15, 0.2) is 0 Å². The van der Waals surface area contributed by atoms with E-state index < -0.39 is 5.54 Å². The molecule has 19 heavy (non-hydrogen) atoms. The van der Waals surface area contributed by atoms with E-state index in [0.29, 0.717) is 19.1 Å². The summed E-state index contributed by atoms with van der Waals surface area (Å²) in [5.74, 6) is -0.302. The second-order valence-corrected chi connectivity index (χ2v) is 6.02. The number of carbonyl (C=O) groups excluding carboxylic acids is 1. The van der Waals surface area contributed by atoms with Crippen LogP contribution in [0.4, 0.5) is 0 Å². The van der Waals surface area contributed by atoms with Crippen LogP contribution in [-0.2, 0) is 9.53 Å². The molecule has 0 radical (unpaired) electrons. The number of rotatable bonds is 5. The fourth-order valence-corrected chi connectivity index (χ4v) is 2.60. The topological polar surface area (TPSA) is 58.8 Å². The highest BCUT2D eigenvalue weighted by atomic mass is 16.5. The number of ether oxygens (including phenoxy) is 1. The van der Waals surface area contributed by atoms with Gasteiger partial charge in [-0.05, 0) is 41.2 Å². The lowest BCUT2D eigenvalue weighted by Crippen LogP contribution is -2.56. The first-order valence-corrected chi connectivity index (χ1v) is 7.18. The minimum atomic E-state index is -0.901. The normalized spacial score (nSPS) is 26.7. The standard InChI is InChI=1S/C14H29N3O2/c1-6-19-13(18)14(4,15)9-11(2)17-8-7-16(5)12(3)10-17/h11-12H,6-10,15H2,1-5H3. The van der Waals surface area contributed by atoms with E-state index in [1.807, 2.05) is 0 Å². The van der Waals surface area contributed by atoms with Gasteiger partial charge in [0.05, 0.1) is 6.61 Å². The molecule has 0 aliphatic carbocycles. The predicted molar refractivity (Wildman–Crippen MR) is 77.0 cm³/mol. The Morgan fingerprint density at radius 3 is 2.68 bits per heavy atom. The minimum Gasteiger partial charge on any atom is -0.465 e. The lowest BCUT2D eigenvalue weighted by molar-refractivity contribution is -0.149. The van der Waals surface area contributed by atoms with Crippen LogP contribution in [0.15, 0.2) is 0 Å². The summed E-state index contributed by atoms with van der Waals surface area (Å²) in [5.41, 5.74) is 5.20. The first kappa shape index (κ1) is 16.4. The summed E-state index contributed by atoms with van der Waals surface area (Å²) in [7, 11) is 2.15. The summed E-state index contributed by atoms with van der Waals surface area (Å²) in [6.45, 7) is 11.4. The zero-order valence-corrected chi connectivity index (χ0v) is 13.0. The highest BCUT2D eigenvalue weighted by molar-refractivity contribution is 5.80. The van der Waals surface area contributed by atoms with Crippen molar-refractivity contribution in [3.63, 3.8) is 0 Å². The van der Waals surface area contributed by atoms with Gasteiger partial charge in [0.2, 0.25) is 0 Å². The van der Waals surface area contributed by atoms with E-state index in [1.54, 1.807) is 13.8 Å². The molecule has 0 amide bonds. The molecular weight excluding hydrogens is 242 g/mol. The van der Waals surface area contributed by atoms with Crippen molar-refractivity contribution in [3.05, 3.63) is 0 Å². The van der Waals surface area contributed by atoms with Crippen LogP contribution in [0.1, 0.15) is 34.1 Å². The quantitative estimate of drug-likeness (QED) is 0.745. The molecule has 112 valence electrons. The van der Waals surface area contributed by atoms with Gasteiger partial charge < -0.3 is 15.4 Å². The second-order valence-electron chi connectivity index (χ2n) is 6.02. The number of piperazine rings is 1. The van der Waals surface area contributed by atoms with Crippen LogP contribution in [-0.4, -0.2) is 66.7 Å². The molecule has 1 aliphatic heterocycles. The molecule has 1 heterocycles. The van der Waals surface area contributed by atoms with Crippen molar-refractivity contribution < 1.29 is 9.53 Å². The van der Waals surface area contributed by atoms with Crippen LogP contribution in [0.2, 0.25) is 0 Å². The van der Waals surface area contributed by atoms with E-state index in [9.17, 15) is 4.79 Å². The van der Waals surface area contributed by atoms with E-state index in [1.165, 1.54) is 0 Å². The van der Waals surface area contributed by atoms with Crippen LogP contribution in [0.5, 0.6) is 0 Å². The third-order valence-corrected chi connectivity index (χ3v) is 4.08. The van der Waals surface area contributed by atoms with E-state index in [4.69, 9.17) is 10.5 Å². The van der Waals surface area contributed by atoms with E-state index in [2.05, 4.69) is 30.7 Å². The lowest BCUT2D eigenvalue weighted by Gasteiger charge is -2.42. The molecule has 5 nitrogen and oxygen atoms in total. The van der Waals surface area contributed by atoms with Crippen LogP contribution >= 0.6 is 0 Å². The Bertz CT molecular complexity index is 307. The van der Waals surface area contributed by atoms with Gasteiger partial charge in [0.25, 0.3) is 0 Å². The molecular formula is C14H29N3O2. The highest BCUT2D eigenvalue weighted by Gasteiger charge is 2.34. The zero-order chi connectivity index (χ0) is 14.6. The molecule has 5 heteroatoms. The van der Waals surface area contributed by atoms with Crippen molar-refractivity contribution in [1.29, 1.82) is 0 Å². The first-order valence-electron chi connectivity index (χ1n) is 7.18. The van der Waals surface area contributed by atoms with Crippen molar-refractivity contribution in [1.82, 2.24) is 9.80 Å². The summed E-state index contributed by atoms with van der Waals surface area (Å²) >= 11 is 0. The molecule has 0 spiro atoms. The van der Waals surface area contributed by atoms with Crippen LogP contribution < -0.4 is 5.73 Å². The number of hydrogen-bond acceptors (Lipinski definition) is 5. The Morgan fingerprint density at radius 1 is 1.53 bits per heavy atom. The monoisotopic (exact) mass is 271 g/mol. The average Bonchev–Trinajstić information content (AvgIpc) is 2.32. The molecule has 0 aromatic heterocycles. The summed E-state index contributed by atoms with van der Waals surface area (Å²) in [4.78, 5) is 16.6. The average molecular weight is 271 g/mol. The van der Waals surface area contributed by atoms with Gasteiger partial charge in [-0.15, -0.1) is 0 Å². The van der Waals surface area contributed by atoms with Crippen molar-refractivity contribution >= 4 is 5.97 Å². The van der Waals surface area contributed by atoms with Gasteiger partial charge in [-0.3, -0.25) is 9.69 Å². The summed E-state index contributed by atoms with van der Waals surface area (Å²) in [6.07, 6.45) is 0.627. The minimum absolute atomic E-state index is 0.288. The van der Waals surface area contributed by atoms with E-state index >= 15 is 0 Å². The molecule has 0 aromatic rings. The highest BCUT2D eigenvalue weighted by Crippen LogP contribution is 2.18. The summed E-state index contributed by atoms with van der Waals surface area (Å²) in [6, 6.07) is 0.832.